The number of nitrogens with one attached hydrogen (secondary N) is 1. The van der Waals surface area contributed by atoms with Crippen molar-refractivity contribution < 1.29 is 17.3 Å². The summed E-state index contributed by atoms with van der Waals surface area (Å²) in [6.07, 6.45) is 4.45. The van der Waals surface area contributed by atoms with Crippen molar-refractivity contribution in [1.29, 1.82) is 0 Å². The van der Waals surface area contributed by atoms with Gasteiger partial charge in [0.1, 0.15) is 17.8 Å². The molecule has 1 atom stereocenters. The van der Waals surface area contributed by atoms with Gasteiger partial charge < -0.3 is 4.52 Å². The molecular weight excluding hydrogens is 333 g/mol. The van der Waals surface area contributed by atoms with Gasteiger partial charge in [-0.15, -0.1) is 0 Å². The molecule has 0 bridgehead atoms. The number of halogens is 1. The maximum Gasteiger partial charge on any atom is 0.218 e. The van der Waals surface area contributed by atoms with Gasteiger partial charge in [-0.2, -0.15) is 0 Å². The molecule has 0 saturated carbocycles. The predicted octanol–water partition coefficient (Wildman–Crippen LogP) is 2.42. The number of benzene rings is 1. The average Bonchev–Trinajstić information content (AvgIpc) is 3.07. The van der Waals surface area contributed by atoms with Crippen molar-refractivity contribution in [3.8, 4) is 0 Å². The van der Waals surface area contributed by atoms with E-state index in [1.807, 2.05) is 0 Å². The third-order valence-corrected chi connectivity index (χ3v) is 4.64. The molecule has 2 aromatic heterocycles. The van der Waals surface area contributed by atoms with Crippen molar-refractivity contribution >= 4 is 10.0 Å². The first kappa shape index (κ1) is 16.3. The minimum absolute atomic E-state index is 0.301. The van der Waals surface area contributed by atoms with Crippen LogP contribution in [0.4, 0.5) is 4.39 Å². The number of pyridine rings is 1. The molecule has 6 nitrogen and oxygen atoms in total. The lowest BCUT2D eigenvalue weighted by Gasteiger charge is -2.19. The van der Waals surface area contributed by atoms with Gasteiger partial charge in [0, 0.05) is 18.5 Å². The van der Waals surface area contributed by atoms with E-state index in [1.54, 1.807) is 36.7 Å². The second kappa shape index (κ2) is 6.90. The third kappa shape index (κ3) is 4.03. The summed E-state index contributed by atoms with van der Waals surface area (Å²) in [6.45, 7) is 0. The quantitative estimate of drug-likeness (QED) is 0.740. The molecular formula is C16H14FN3O3S. The van der Waals surface area contributed by atoms with Gasteiger partial charge in [0.2, 0.25) is 10.0 Å². The second-order valence-corrected chi connectivity index (χ2v) is 6.89. The molecule has 0 fully saturated rings. The lowest BCUT2D eigenvalue weighted by Crippen LogP contribution is -2.30. The molecule has 3 aromatic rings. The number of sulfonamides is 1. The molecule has 0 saturated heterocycles. The van der Waals surface area contributed by atoms with Crippen LogP contribution in [0.1, 0.15) is 22.9 Å². The molecule has 0 amide bonds. The molecule has 124 valence electrons. The van der Waals surface area contributed by atoms with Crippen LogP contribution in [-0.2, 0) is 15.8 Å². The highest BCUT2D eigenvalue weighted by molar-refractivity contribution is 7.88. The average molecular weight is 347 g/mol. The summed E-state index contributed by atoms with van der Waals surface area (Å²) in [7, 11) is -3.70. The summed E-state index contributed by atoms with van der Waals surface area (Å²) in [5, 5.41) is 3.61. The van der Waals surface area contributed by atoms with Crippen LogP contribution in [-0.4, -0.2) is 18.6 Å². The number of rotatable bonds is 6. The Kier molecular flexibility index (Phi) is 4.68. The van der Waals surface area contributed by atoms with Gasteiger partial charge in [-0.05, 0) is 35.4 Å². The van der Waals surface area contributed by atoms with Crippen LogP contribution in [0.5, 0.6) is 0 Å². The molecule has 1 aromatic carbocycles. The van der Waals surface area contributed by atoms with E-state index in [-0.39, 0.29) is 5.75 Å². The maximum absolute atomic E-state index is 13.2. The van der Waals surface area contributed by atoms with Gasteiger partial charge in [-0.25, -0.2) is 17.5 Å². The number of hydrogen-bond donors (Lipinski definition) is 1. The van der Waals surface area contributed by atoms with E-state index < -0.39 is 21.9 Å². The van der Waals surface area contributed by atoms with Crippen molar-refractivity contribution in [2.24, 2.45) is 0 Å². The molecule has 1 N–H and O–H groups in total. The predicted molar refractivity (Wildman–Crippen MR) is 84.7 cm³/mol. The molecule has 0 aliphatic carbocycles. The van der Waals surface area contributed by atoms with E-state index in [9.17, 15) is 12.8 Å². The van der Waals surface area contributed by atoms with Crippen LogP contribution < -0.4 is 4.72 Å². The van der Waals surface area contributed by atoms with Crippen LogP contribution >= 0.6 is 0 Å². The van der Waals surface area contributed by atoms with Crippen LogP contribution in [0.2, 0.25) is 0 Å². The largest absolute Gasteiger partial charge is 0.364 e. The van der Waals surface area contributed by atoms with E-state index in [4.69, 9.17) is 0 Å². The SMILES string of the molecule is O=S(=O)(Cc1ccon1)N[C@H](c1ccncc1)c1ccc(F)cc1. The van der Waals surface area contributed by atoms with Crippen LogP contribution in [0.3, 0.4) is 0 Å². The highest BCUT2D eigenvalue weighted by Crippen LogP contribution is 2.23. The van der Waals surface area contributed by atoms with Gasteiger partial charge in [0.25, 0.3) is 0 Å². The number of nitrogens with zero attached hydrogens (tertiary/aromatic N) is 2. The van der Waals surface area contributed by atoms with Crippen molar-refractivity contribution in [1.82, 2.24) is 14.9 Å². The summed E-state index contributed by atoms with van der Waals surface area (Å²) in [5.41, 5.74) is 1.61. The first-order valence-electron chi connectivity index (χ1n) is 7.08. The minimum Gasteiger partial charge on any atom is -0.364 e. The Morgan fingerprint density at radius 2 is 1.71 bits per heavy atom. The molecule has 0 aliphatic rings. The third-order valence-electron chi connectivity index (χ3n) is 3.37. The Balaban J connectivity index is 1.91. The Morgan fingerprint density at radius 1 is 1.04 bits per heavy atom. The van der Waals surface area contributed by atoms with Crippen molar-refractivity contribution in [3.63, 3.8) is 0 Å². The van der Waals surface area contributed by atoms with Crippen molar-refractivity contribution in [2.45, 2.75) is 11.8 Å². The van der Waals surface area contributed by atoms with E-state index in [0.717, 1.165) is 0 Å². The van der Waals surface area contributed by atoms with Gasteiger partial charge in [-0.1, -0.05) is 17.3 Å². The van der Waals surface area contributed by atoms with Gasteiger partial charge in [0.05, 0.1) is 11.7 Å². The summed E-state index contributed by atoms with van der Waals surface area (Å²) >= 11 is 0. The van der Waals surface area contributed by atoms with Gasteiger partial charge in [0.15, 0.2) is 0 Å². The van der Waals surface area contributed by atoms with Gasteiger partial charge in [-0.3, -0.25) is 4.98 Å². The normalized spacial score (nSPS) is 12.9. The molecule has 3 rings (SSSR count). The highest BCUT2D eigenvalue weighted by Gasteiger charge is 2.22. The Labute approximate surface area is 138 Å². The van der Waals surface area contributed by atoms with E-state index in [0.29, 0.717) is 16.8 Å². The first-order valence-corrected chi connectivity index (χ1v) is 8.73. The molecule has 0 spiro atoms. The fourth-order valence-electron chi connectivity index (χ4n) is 2.27. The molecule has 0 aliphatic heterocycles. The zero-order valence-electron chi connectivity index (χ0n) is 12.5. The number of aromatic nitrogens is 2. The maximum atomic E-state index is 13.2. The topological polar surface area (TPSA) is 85.1 Å². The van der Waals surface area contributed by atoms with Crippen LogP contribution in [0.25, 0.3) is 0 Å². The molecule has 0 radical (unpaired) electrons. The van der Waals surface area contributed by atoms with Crippen LogP contribution in [0, 0.1) is 5.82 Å². The fraction of sp³-hybridized carbons (Fsp3) is 0.125. The lowest BCUT2D eigenvalue weighted by molar-refractivity contribution is 0.413. The molecule has 24 heavy (non-hydrogen) atoms. The summed E-state index contributed by atoms with van der Waals surface area (Å²) < 4.78 is 45.3. The molecule has 0 unspecified atom stereocenters. The smallest absolute Gasteiger partial charge is 0.218 e. The Bertz CT molecular complexity index is 882. The standard InChI is InChI=1S/C16H14FN3O3S/c17-14-3-1-12(2-4-14)16(13-5-8-18-9-6-13)20-24(21,22)11-15-7-10-23-19-15/h1-10,16,20H,11H2/t16-/m0/s1. The zero-order chi connectivity index (χ0) is 17.0. The Morgan fingerprint density at radius 3 is 2.33 bits per heavy atom. The molecule has 8 heteroatoms. The van der Waals surface area contributed by atoms with Crippen LogP contribution in [0.15, 0.2) is 65.6 Å². The zero-order valence-corrected chi connectivity index (χ0v) is 13.3. The van der Waals surface area contributed by atoms with E-state index in [1.165, 1.54) is 24.5 Å². The van der Waals surface area contributed by atoms with E-state index in [2.05, 4.69) is 19.4 Å². The minimum atomic E-state index is -3.70. The van der Waals surface area contributed by atoms with Gasteiger partial charge >= 0.3 is 0 Å². The van der Waals surface area contributed by atoms with Crippen molar-refractivity contribution in [3.05, 3.63) is 83.8 Å². The Hall–Kier alpha value is -2.58. The molecule has 2 heterocycles. The monoisotopic (exact) mass is 347 g/mol. The lowest BCUT2D eigenvalue weighted by atomic mass is 10.0. The second-order valence-electron chi connectivity index (χ2n) is 5.13. The summed E-state index contributed by atoms with van der Waals surface area (Å²) in [5.74, 6) is -0.704. The first-order chi connectivity index (χ1) is 11.5. The highest BCUT2D eigenvalue weighted by atomic mass is 32.2. The summed E-state index contributed by atoms with van der Waals surface area (Å²) in [6, 6.07) is 9.88. The van der Waals surface area contributed by atoms with Crippen molar-refractivity contribution in [2.75, 3.05) is 0 Å². The fourth-order valence-corrected chi connectivity index (χ4v) is 3.52. The van der Waals surface area contributed by atoms with E-state index >= 15 is 0 Å². The number of hydrogen-bond acceptors (Lipinski definition) is 5. The summed E-state index contributed by atoms with van der Waals surface area (Å²) in [4.78, 5) is 3.93.